The van der Waals surface area contributed by atoms with Crippen LogP contribution in [0.25, 0.3) is 10.6 Å². The Hall–Kier alpha value is -3.24. The molecule has 0 saturated heterocycles. The lowest BCUT2D eigenvalue weighted by molar-refractivity contribution is 0.193. The van der Waals surface area contributed by atoms with Gasteiger partial charge in [-0.25, -0.2) is 9.98 Å². The number of hydrogen-bond acceptors (Lipinski definition) is 9. The lowest BCUT2D eigenvalue weighted by Gasteiger charge is -2.10. The number of aliphatic imine (C=N–C) groups is 1. The van der Waals surface area contributed by atoms with Crippen LogP contribution >= 0.6 is 11.3 Å². The average molecular weight is 448 g/mol. The van der Waals surface area contributed by atoms with E-state index in [0.29, 0.717) is 11.5 Å². The lowest BCUT2D eigenvalue weighted by Crippen LogP contribution is -2.14. The van der Waals surface area contributed by atoms with Crippen molar-refractivity contribution < 1.29 is 19.3 Å². The first kappa shape index (κ1) is 24.0. The largest absolute Gasteiger partial charge is 0.493 e. The van der Waals surface area contributed by atoms with Crippen molar-refractivity contribution in [3.63, 3.8) is 0 Å². The molecular formula is C21H29N5O4S. The zero-order valence-electron chi connectivity index (χ0n) is 17.8. The van der Waals surface area contributed by atoms with Gasteiger partial charge in [-0.3, -0.25) is 0 Å². The van der Waals surface area contributed by atoms with Crippen LogP contribution in [0.4, 0.5) is 0 Å². The minimum atomic E-state index is -0.0870. The third-order valence-electron chi connectivity index (χ3n) is 3.95. The molecule has 9 nitrogen and oxygen atoms in total. The van der Waals surface area contributed by atoms with E-state index < -0.39 is 0 Å². The maximum atomic E-state index is 9.05. The van der Waals surface area contributed by atoms with Crippen LogP contribution in [0.1, 0.15) is 23.9 Å². The van der Waals surface area contributed by atoms with E-state index in [-0.39, 0.29) is 37.4 Å². The molecule has 0 amide bonds. The van der Waals surface area contributed by atoms with Gasteiger partial charge in [-0.1, -0.05) is 19.9 Å². The molecule has 0 atom stereocenters. The fourth-order valence-electron chi connectivity index (χ4n) is 2.66. The number of aromatic nitrogens is 1. The van der Waals surface area contributed by atoms with E-state index in [9.17, 15) is 0 Å². The van der Waals surface area contributed by atoms with Gasteiger partial charge in [0.25, 0.3) is 0 Å². The molecule has 168 valence electrons. The maximum Gasteiger partial charge on any atom is 0.188 e. The fourth-order valence-corrected chi connectivity index (χ4v) is 3.82. The fraction of sp³-hybridized carbons (Fsp3) is 0.333. The van der Waals surface area contributed by atoms with Gasteiger partial charge in [-0.05, 0) is 24.6 Å². The Morgan fingerprint density at radius 1 is 1.29 bits per heavy atom. The van der Waals surface area contributed by atoms with Crippen molar-refractivity contribution in [1.82, 2.24) is 4.98 Å². The van der Waals surface area contributed by atoms with Crippen molar-refractivity contribution in [3.8, 4) is 22.1 Å². The van der Waals surface area contributed by atoms with Crippen molar-refractivity contribution in [1.29, 1.82) is 0 Å². The molecule has 2 rings (SSSR count). The summed E-state index contributed by atoms with van der Waals surface area (Å²) >= 11 is 1.58. The van der Waals surface area contributed by atoms with E-state index in [1.54, 1.807) is 18.4 Å². The molecule has 31 heavy (non-hydrogen) atoms. The molecule has 0 bridgehead atoms. The summed E-state index contributed by atoms with van der Waals surface area (Å²) < 4.78 is 16.5. The quantitative estimate of drug-likeness (QED) is 0.220. The maximum absolute atomic E-state index is 9.05. The topological polar surface area (TPSA) is 151 Å². The minimum Gasteiger partial charge on any atom is -0.493 e. The van der Waals surface area contributed by atoms with Gasteiger partial charge in [0.2, 0.25) is 0 Å². The van der Waals surface area contributed by atoms with Crippen LogP contribution in [-0.2, 0) is 17.8 Å². The smallest absolute Gasteiger partial charge is 0.188 e. The normalized spacial score (nSPS) is 12.0. The number of hydrogen-bond donors (Lipinski definition) is 4. The van der Waals surface area contributed by atoms with Crippen molar-refractivity contribution in [3.05, 3.63) is 53.1 Å². The van der Waals surface area contributed by atoms with Gasteiger partial charge < -0.3 is 36.5 Å². The van der Waals surface area contributed by atoms with E-state index in [2.05, 4.69) is 18.5 Å². The Morgan fingerprint density at radius 3 is 2.71 bits per heavy atom. The zero-order valence-corrected chi connectivity index (χ0v) is 18.6. The second-order valence-corrected chi connectivity index (χ2v) is 7.52. The number of aliphatic hydroxyl groups excluding tert-OH is 1. The third kappa shape index (κ3) is 7.19. The van der Waals surface area contributed by atoms with Gasteiger partial charge in [-0.15, -0.1) is 11.3 Å². The number of nitrogens with two attached hydrogens (primary N) is 3. The second-order valence-electron chi connectivity index (χ2n) is 6.44. The molecule has 0 saturated carbocycles. The number of ether oxygens (including phenoxy) is 3. The Balaban J connectivity index is 2.25. The van der Waals surface area contributed by atoms with Gasteiger partial charge in [0.1, 0.15) is 29.9 Å². The highest BCUT2D eigenvalue weighted by atomic mass is 32.1. The summed E-state index contributed by atoms with van der Waals surface area (Å²) in [6.07, 6.45) is 3.20. The van der Waals surface area contributed by atoms with Crippen LogP contribution in [0.3, 0.4) is 0 Å². The first-order valence-corrected chi connectivity index (χ1v) is 10.5. The summed E-state index contributed by atoms with van der Waals surface area (Å²) in [5.41, 5.74) is 18.6. The number of methoxy groups -OCH3 is 1. The lowest BCUT2D eigenvalue weighted by atomic mass is 10.2. The molecule has 1 aromatic heterocycles. The molecule has 0 radical (unpaired) electrons. The molecule has 1 aromatic carbocycles. The van der Waals surface area contributed by atoms with Crippen molar-refractivity contribution in [2.45, 2.75) is 26.4 Å². The average Bonchev–Trinajstić information content (AvgIpc) is 3.13. The number of amidine groups is 1. The predicted molar refractivity (Wildman–Crippen MR) is 123 cm³/mol. The highest BCUT2D eigenvalue weighted by Crippen LogP contribution is 2.35. The molecule has 2 aromatic rings. The molecule has 0 unspecified atom stereocenters. The Labute approximate surface area is 185 Å². The van der Waals surface area contributed by atoms with Gasteiger partial charge in [-0.2, -0.15) is 0 Å². The summed E-state index contributed by atoms with van der Waals surface area (Å²) in [6, 6.07) is 5.57. The van der Waals surface area contributed by atoms with Crippen LogP contribution in [0, 0.1) is 0 Å². The Kier molecular flexibility index (Phi) is 9.16. The number of thiazole rings is 1. The van der Waals surface area contributed by atoms with Gasteiger partial charge in [0.05, 0.1) is 19.4 Å². The number of aryl methyl sites for hydroxylation is 1. The predicted octanol–water partition coefficient (Wildman–Crippen LogP) is 2.25. The van der Waals surface area contributed by atoms with Crippen LogP contribution in [0.15, 0.2) is 47.6 Å². The Morgan fingerprint density at radius 2 is 2.06 bits per heavy atom. The van der Waals surface area contributed by atoms with E-state index in [4.69, 9.17) is 41.5 Å². The van der Waals surface area contributed by atoms with Crippen LogP contribution in [-0.4, -0.2) is 36.2 Å². The van der Waals surface area contributed by atoms with Crippen LogP contribution in [0.2, 0.25) is 0 Å². The highest BCUT2D eigenvalue weighted by Gasteiger charge is 2.15. The molecular weight excluding hydrogens is 418 g/mol. The highest BCUT2D eigenvalue weighted by molar-refractivity contribution is 7.15. The van der Waals surface area contributed by atoms with Gasteiger partial charge >= 0.3 is 0 Å². The number of rotatable bonds is 12. The van der Waals surface area contributed by atoms with E-state index in [1.807, 2.05) is 18.2 Å². The first-order chi connectivity index (χ1) is 14.9. The summed E-state index contributed by atoms with van der Waals surface area (Å²) in [5, 5.41) is 9.87. The zero-order chi connectivity index (χ0) is 22.8. The van der Waals surface area contributed by atoms with Crippen LogP contribution in [0.5, 0.6) is 11.5 Å². The van der Waals surface area contributed by atoms with Gasteiger partial charge in [0.15, 0.2) is 17.4 Å². The molecule has 10 heteroatoms. The standard InChI is InChI=1S/C21H29N5O4S/c1-4-5-18-15(12-30-20(24)11-19(23)25-13(2)22)26-21(31-18)14-6-7-16(28-3)17(10-14)29-9-8-27/h6-7,10-11,27H,2,4-5,8-9,12,22,24H2,1,3H3,(H2,23,25)/b20-11+. The third-order valence-corrected chi connectivity index (χ3v) is 5.16. The number of benzene rings is 1. The van der Waals surface area contributed by atoms with E-state index in [0.717, 1.165) is 34.0 Å². The molecule has 0 aliphatic rings. The Bertz CT molecular complexity index is 955. The first-order valence-electron chi connectivity index (χ1n) is 9.67. The number of nitrogens with zero attached hydrogens (tertiary/aromatic N) is 2. The summed E-state index contributed by atoms with van der Waals surface area (Å²) in [4.78, 5) is 9.65. The van der Waals surface area contributed by atoms with Crippen molar-refractivity contribution in [2.75, 3.05) is 20.3 Å². The van der Waals surface area contributed by atoms with E-state index >= 15 is 0 Å². The van der Waals surface area contributed by atoms with Crippen molar-refractivity contribution >= 4 is 17.2 Å². The molecule has 1 heterocycles. The molecule has 0 aliphatic heterocycles. The molecule has 0 spiro atoms. The monoisotopic (exact) mass is 447 g/mol. The molecule has 0 fully saturated rings. The molecule has 7 N–H and O–H groups in total. The molecule has 0 aliphatic carbocycles. The number of aliphatic hydroxyl groups is 1. The second kappa shape index (κ2) is 11.8. The van der Waals surface area contributed by atoms with Gasteiger partial charge in [0, 0.05) is 16.5 Å². The SMILES string of the molecule is C=C(N)/N=C(N)\C=C(/N)OCc1nc(-c2ccc(OC)c(OCCO)c2)sc1CCC. The summed E-state index contributed by atoms with van der Waals surface area (Å²) in [5.74, 6) is 1.42. The summed E-state index contributed by atoms with van der Waals surface area (Å²) in [6.45, 7) is 5.83. The van der Waals surface area contributed by atoms with E-state index in [1.165, 1.54) is 6.08 Å². The van der Waals surface area contributed by atoms with Crippen molar-refractivity contribution in [2.24, 2.45) is 22.2 Å². The van der Waals surface area contributed by atoms with Crippen LogP contribution < -0.4 is 26.7 Å². The minimum absolute atomic E-state index is 0.0813. The summed E-state index contributed by atoms with van der Waals surface area (Å²) in [7, 11) is 1.57.